The number of ether oxygens (including phenoxy) is 1. The number of anilines is 1. The summed E-state index contributed by atoms with van der Waals surface area (Å²) >= 11 is 0. The molecule has 3 N–H and O–H groups in total. The molecule has 1 amide bonds. The number of methoxy groups -OCH3 is 1. The van der Waals surface area contributed by atoms with Gasteiger partial charge in [-0.05, 0) is 37.6 Å². The van der Waals surface area contributed by atoms with Gasteiger partial charge in [0.15, 0.2) is 0 Å². The fourth-order valence-electron chi connectivity index (χ4n) is 2.11. The lowest BCUT2D eigenvalue weighted by atomic mass is 10.1. The number of aryl methyl sites for hydroxylation is 1. The summed E-state index contributed by atoms with van der Waals surface area (Å²) in [5, 5.41) is 2.93. The molecule has 112 valence electrons. The number of hydrogen-bond acceptors (Lipinski definition) is 4. The standard InChI is InChI=1S/C16H20N2O3/c1-11(8-9-12-5-4-10-21-12)18-16(19)13-6-3-7-14(20-2)15(13)17/h3-7,10-11H,8-9,17H2,1-2H3,(H,18,19). The van der Waals surface area contributed by atoms with Crippen molar-refractivity contribution in [1.29, 1.82) is 0 Å². The van der Waals surface area contributed by atoms with Crippen LogP contribution in [0.4, 0.5) is 5.69 Å². The zero-order valence-corrected chi connectivity index (χ0v) is 12.3. The number of nitrogens with two attached hydrogens (primary N) is 1. The summed E-state index contributed by atoms with van der Waals surface area (Å²) in [7, 11) is 1.53. The Morgan fingerprint density at radius 1 is 1.38 bits per heavy atom. The number of rotatable bonds is 6. The number of nitrogens with one attached hydrogen (secondary N) is 1. The van der Waals surface area contributed by atoms with Gasteiger partial charge in [0.2, 0.25) is 0 Å². The Hall–Kier alpha value is -2.43. The molecule has 0 fully saturated rings. The number of carbonyl (C=O) groups excluding carboxylic acids is 1. The molecule has 0 saturated heterocycles. The summed E-state index contributed by atoms with van der Waals surface area (Å²) in [5.74, 6) is 1.22. The number of carbonyl (C=O) groups is 1. The van der Waals surface area contributed by atoms with Gasteiger partial charge in [0.1, 0.15) is 11.5 Å². The molecule has 1 heterocycles. The van der Waals surface area contributed by atoms with Crippen LogP contribution in [0.15, 0.2) is 41.0 Å². The van der Waals surface area contributed by atoms with Crippen LogP contribution in [-0.4, -0.2) is 19.1 Å². The normalized spacial score (nSPS) is 11.9. The van der Waals surface area contributed by atoms with Gasteiger partial charge in [0.25, 0.3) is 5.91 Å². The third-order valence-electron chi connectivity index (χ3n) is 3.31. The Bertz CT molecular complexity index is 594. The molecule has 0 aliphatic carbocycles. The molecular weight excluding hydrogens is 268 g/mol. The topological polar surface area (TPSA) is 77.5 Å². The van der Waals surface area contributed by atoms with Crippen molar-refractivity contribution in [3.8, 4) is 5.75 Å². The maximum atomic E-state index is 12.2. The fraction of sp³-hybridized carbons (Fsp3) is 0.312. The first kappa shape index (κ1) is 15.0. The van der Waals surface area contributed by atoms with Crippen LogP contribution in [0.2, 0.25) is 0 Å². The quantitative estimate of drug-likeness (QED) is 0.801. The maximum Gasteiger partial charge on any atom is 0.253 e. The van der Waals surface area contributed by atoms with Crippen LogP contribution in [0.25, 0.3) is 0 Å². The second-order valence-electron chi connectivity index (χ2n) is 4.91. The van der Waals surface area contributed by atoms with Crippen LogP contribution in [0.5, 0.6) is 5.75 Å². The first-order chi connectivity index (χ1) is 10.1. The molecule has 0 bridgehead atoms. The second kappa shape index (κ2) is 6.83. The van der Waals surface area contributed by atoms with Crippen LogP contribution in [0.3, 0.4) is 0 Å². The molecule has 21 heavy (non-hydrogen) atoms. The molecule has 5 nitrogen and oxygen atoms in total. The lowest BCUT2D eigenvalue weighted by Crippen LogP contribution is -2.33. The average molecular weight is 288 g/mol. The van der Waals surface area contributed by atoms with Crippen LogP contribution in [-0.2, 0) is 6.42 Å². The van der Waals surface area contributed by atoms with E-state index < -0.39 is 0 Å². The molecule has 0 radical (unpaired) electrons. The predicted octanol–water partition coefficient (Wildman–Crippen LogP) is 2.62. The van der Waals surface area contributed by atoms with Crippen molar-refractivity contribution in [2.24, 2.45) is 0 Å². The number of nitrogen functional groups attached to an aromatic ring is 1. The second-order valence-corrected chi connectivity index (χ2v) is 4.91. The molecule has 0 aliphatic heterocycles. The largest absolute Gasteiger partial charge is 0.495 e. The highest BCUT2D eigenvalue weighted by atomic mass is 16.5. The number of furan rings is 1. The van der Waals surface area contributed by atoms with E-state index in [1.165, 1.54) is 7.11 Å². The molecule has 0 aliphatic rings. The minimum Gasteiger partial charge on any atom is -0.495 e. The number of para-hydroxylation sites is 1. The van der Waals surface area contributed by atoms with E-state index in [0.717, 1.165) is 18.6 Å². The average Bonchev–Trinajstić information content (AvgIpc) is 2.98. The van der Waals surface area contributed by atoms with Gasteiger partial charge >= 0.3 is 0 Å². The molecule has 1 atom stereocenters. The van der Waals surface area contributed by atoms with E-state index in [0.29, 0.717) is 17.0 Å². The third-order valence-corrected chi connectivity index (χ3v) is 3.31. The summed E-state index contributed by atoms with van der Waals surface area (Å²) in [6, 6.07) is 8.97. The molecule has 0 saturated carbocycles. The minimum atomic E-state index is -0.196. The Morgan fingerprint density at radius 2 is 2.19 bits per heavy atom. The van der Waals surface area contributed by atoms with Crippen molar-refractivity contribution in [3.05, 3.63) is 47.9 Å². The summed E-state index contributed by atoms with van der Waals surface area (Å²) in [6.45, 7) is 1.96. The molecule has 1 aromatic carbocycles. The van der Waals surface area contributed by atoms with Gasteiger partial charge in [0.05, 0.1) is 24.6 Å². The van der Waals surface area contributed by atoms with E-state index >= 15 is 0 Å². The highest BCUT2D eigenvalue weighted by Crippen LogP contribution is 2.24. The molecular formula is C16H20N2O3. The van der Waals surface area contributed by atoms with Crippen molar-refractivity contribution in [2.75, 3.05) is 12.8 Å². The highest BCUT2D eigenvalue weighted by molar-refractivity contribution is 6.00. The zero-order chi connectivity index (χ0) is 15.2. The summed E-state index contributed by atoms with van der Waals surface area (Å²) in [4.78, 5) is 12.2. The maximum absolute atomic E-state index is 12.2. The first-order valence-corrected chi connectivity index (χ1v) is 6.87. The SMILES string of the molecule is COc1cccc(C(=O)NC(C)CCc2ccco2)c1N. The lowest BCUT2D eigenvalue weighted by Gasteiger charge is -2.15. The van der Waals surface area contributed by atoms with Gasteiger partial charge in [-0.25, -0.2) is 0 Å². The Morgan fingerprint density at radius 3 is 2.86 bits per heavy atom. The minimum absolute atomic E-state index is 0.0215. The van der Waals surface area contributed by atoms with Crippen molar-refractivity contribution in [1.82, 2.24) is 5.32 Å². The fourth-order valence-corrected chi connectivity index (χ4v) is 2.11. The van der Waals surface area contributed by atoms with Crippen LogP contribution < -0.4 is 15.8 Å². The van der Waals surface area contributed by atoms with Gasteiger partial charge in [-0.2, -0.15) is 0 Å². The Kier molecular flexibility index (Phi) is 4.87. The summed E-state index contributed by atoms with van der Waals surface area (Å²) in [6.07, 6.45) is 3.22. The highest BCUT2D eigenvalue weighted by Gasteiger charge is 2.15. The van der Waals surface area contributed by atoms with Gasteiger partial charge < -0.3 is 20.2 Å². The Balaban J connectivity index is 1.94. The zero-order valence-electron chi connectivity index (χ0n) is 12.3. The Labute approximate surface area is 124 Å². The van der Waals surface area contributed by atoms with Crippen LogP contribution in [0.1, 0.15) is 29.5 Å². The van der Waals surface area contributed by atoms with Gasteiger partial charge in [-0.1, -0.05) is 6.07 Å². The van der Waals surface area contributed by atoms with Gasteiger partial charge in [-0.15, -0.1) is 0 Å². The molecule has 2 rings (SSSR count). The van der Waals surface area contributed by atoms with Gasteiger partial charge in [0, 0.05) is 12.5 Å². The van der Waals surface area contributed by atoms with Crippen molar-refractivity contribution < 1.29 is 13.9 Å². The number of benzene rings is 1. The van der Waals surface area contributed by atoms with E-state index in [4.69, 9.17) is 14.9 Å². The van der Waals surface area contributed by atoms with Crippen LogP contribution >= 0.6 is 0 Å². The molecule has 5 heteroatoms. The molecule has 2 aromatic rings. The lowest BCUT2D eigenvalue weighted by molar-refractivity contribution is 0.0938. The number of hydrogen-bond donors (Lipinski definition) is 2. The van der Waals surface area contributed by atoms with E-state index in [2.05, 4.69) is 5.32 Å². The molecule has 1 aromatic heterocycles. The van der Waals surface area contributed by atoms with E-state index in [1.54, 1.807) is 24.5 Å². The smallest absolute Gasteiger partial charge is 0.253 e. The molecule has 0 spiro atoms. The van der Waals surface area contributed by atoms with Crippen molar-refractivity contribution in [2.45, 2.75) is 25.8 Å². The molecule has 1 unspecified atom stereocenters. The third kappa shape index (κ3) is 3.78. The van der Waals surface area contributed by atoms with Crippen LogP contribution in [0, 0.1) is 0 Å². The van der Waals surface area contributed by atoms with Gasteiger partial charge in [-0.3, -0.25) is 4.79 Å². The van der Waals surface area contributed by atoms with Crippen molar-refractivity contribution in [3.63, 3.8) is 0 Å². The van der Waals surface area contributed by atoms with E-state index in [9.17, 15) is 4.79 Å². The first-order valence-electron chi connectivity index (χ1n) is 6.87. The van der Waals surface area contributed by atoms with E-state index in [-0.39, 0.29) is 11.9 Å². The van der Waals surface area contributed by atoms with E-state index in [1.807, 2.05) is 19.1 Å². The number of amides is 1. The predicted molar refractivity (Wildman–Crippen MR) is 81.4 cm³/mol. The summed E-state index contributed by atoms with van der Waals surface area (Å²) < 4.78 is 10.4. The monoisotopic (exact) mass is 288 g/mol. The summed E-state index contributed by atoms with van der Waals surface area (Å²) in [5.41, 5.74) is 6.71. The van der Waals surface area contributed by atoms with Crippen molar-refractivity contribution >= 4 is 11.6 Å².